The van der Waals surface area contributed by atoms with Gasteiger partial charge in [0.1, 0.15) is 24.4 Å². The second-order valence-corrected chi connectivity index (χ2v) is 4.26. The van der Waals surface area contributed by atoms with Gasteiger partial charge in [-0.2, -0.15) is 0 Å². The fourth-order valence-corrected chi connectivity index (χ4v) is 1.82. The monoisotopic (exact) mass is 289 g/mol. The van der Waals surface area contributed by atoms with Crippen LogP contribution in [0.3, 0.4) is 0 Å². The molecule has 0 bridgehead atoms. The van der Waals surface area contributed by atoms with Crippen LogP contribution < -0.4 is 10.5 Å². The molecule has 2 rings (SSSR count). The number of aliphatic hydroxyl groups excluding tert-OH is 4. The molecule has 20 heavy (non-hydrogen) atoms. The van der Waals surface area contributed by atoms with E-state index in [1.807, 2.05) is 0 Å². The fraction of sp³-hybridized carbons (Fsp3) is 0.600. The Morgan fingerprint density at radius 2 is 2.10 bits per heavy atom. The van der Waals surface area contributed by atoms with E-state index in [-0.39, 0.29) is 11.6 Å². The lowest BCUT2D eigenvalue weighted by atomic mass is 9.99. The molecular formula is C10H15N3O7. The van der Waals surface area contributed by atoms with E-state index < -0.39 is 43.2 Å². The summed E-state index contributed by atoms with van der Waals surface area (Å²) in [6, 6.07) is 0. The molecule has 0 aromatic carbocycles. The number of primary amides is 1. The summed E-state index contributed by atoms with van der Waals surface area (Å²) in [7, 11) is 0. The predicted molar refractivity (Wildman–Crippen MR) is 61.5 cm³/mol. The summed E-state index contributed by atoms with van der Waals surface area (Å²) >= 11 is 0. The molecule has 0 unspecified atom stereocenters. The number of nitrogens with one attached hydrogen (secondary N) is 1. The summed E-state index contributed by atoms with van der Waals surface area (Å²) in [5.74, 6) is -1.05. The molecule has 1 fully saturated rings. The van der Waals surface area contributed by atoms with E-state index in [1.165, 1.54) is 0 Å². The average molecular weight is 289 g/mol. The van der Waals surface area contributed by atoms with Crippen LogP contribution in [0.4, 0.5) is 0 Å². The summed E-state index contributed by atoms with van der Waals surface area (Å²) in [6.07, 6.45) is -6.06. The van der Waals surface area contributed by atoms with Crippen LogP contribution in [0.25, 0.3) is 0 Å². The third-order valence-corrected chi connectivity index (χ3v) is 2.93. The van der Waals surface area contributed by atoms with Crippen molar-refractivity contribution in [3.63, 3.8) is 0 Å². The molecule has 2 heterocycles. The molecule has 1 aromatic rings. The smallest absolute Gasteiger partial charge is 0.270 e. The standard InChI is InChI=1S/C10H15N3O7/c11-8(18)4-9(13-2-12-4)20-10-7(17)6(16)5(15)3(1-14)19-10/h2-3,5-7,10,14-17H,1H2,(H2,11,18)(H,12,13)/t3-,5-,6+,7-,10+/m1/s1. The first-order valence-electron chi connectivity index (χ1n) is 5.76. The summed E-state index contributed by atoms with van der Waals surface area (Å²) < 4.78 is 10.3. The van der Waals surface area contributed by atoms with Gasteiger partial charge in [0.2, 0.25) is 12.2 Å². The fourth-order valence-electron chi connectivity index (χ4n) is 1.82. The van der Waals surface area contributed by atoms with E-state index in [4.69, 9.17) is 20.3 Å². The lowest BCUT2D eigenvalue weighted by molar-refractivity contribution is -0.278. The maximum absolute atomic E-state index is 11.1. The van der Waals surface area contributed by atoms with Crippen molar-refractivity contribution >= 4 is 5.91 Å². The normalized spacial score (nSPS) is 33.9. The van der Waals surface area contributed by atoms with Crippen molar-refractivity contribution in [3.05, 3.63) is 12.0 Å². The molecule has 10 nitrogen and oxygen atoms in total. The lowest BCUT2D eigenvalue weighted by Crippen LogP contribution is -2.60. The second kappa shape index (κ2) is 5.73. The van der Waals surface area contributed by atoms with Crippen LogP contribution in [-0.2, 0) is 4.74 Å². The highest BCUT2D eigenvalue weighted by atomic mass is 16.7. The van der Waals surface area contributed by atoms with E-state index in [0.717, 1.165) is 6.33 Å². The van der Waals surface area contributed by atoms with E-state index in [2.05, 4.69) is 9.97 Å². The van der Waals surface area contributed by atoms with Gasteiger partial charge in [0, 0.05) is 0 Å². The average Bonchev–Trinajstić information content (AvgIpc) is 2.87. The number of ether oxygens (including phenoxy) is 2. The molecule has 5 atom stereocenters. The van der Waals surface area contributed by atoms with Gasteiger partial charge in [0.05, 0.1) is 12.9 Å². The van der Waals surface area contributed by atoms with Crippen LogP contribution in [-0.4, -0.2) is 73.6 Å². The Bertz CT molecular complexity index is 477. The van der Waals surface area contributed by atoms with E-state index in [1.54, 1.807) is 0 Å². The SMILES string of the molecule is NC(=O)c1[nH]cnc1O[C@@H]1O[C@H](CO)[C@@H](O)[C@H](O)[C@H]1O. The Balaban J connectivity index is 2.15. The molecule has 1 aromatic heterocycles. The number of hydrogen-bond acceptors (Lipinski definition) is 8. The van der Waals surface area contributed by atoms with Crippen LogP contribution >= 0.6 is 0 Å². The van der Waals surface area contributed by atoms with Crippen molar-refractivity contribution in [2.24, 2.45) is 5.73 Å². The summed E-state index contributed by atoms with van der Waals surface area (Å²) in [4.78, 5) is 17.2. The molecule has 1 aliphatic heterocycles. The zero-order valence-electron chi connectivity index (χ0n) is 10.2. The first kappa shape index (κ1) is 14.7. The number of nitrogens with two attached hydrogens (primary N) is 1. The highest BCUT2D eigenvalue weighted by molar-refractivity contribution is 5.93. The highest BCUT2D eigenvalue weighted by Crippen LogP contribution is 2.24. The maximum Gasteiger partial charge on any atom is 0.270 e. The first-order chi connectivity index (χ1) is 9.45. The van der Waals surface area contributed by atoms with Gasteiger partial charge in [-0.05, 0) is 0 Å². The summed E-state index contributed by atoms with van der Waals surface area (Å²) in [6.45, 7) is -0.589. The van der Waals surface area contributed by atoms with Gasteiger partial charge in [-0.3, -0.25) is 4.79 Å². The first-order valence-corrected chi connectivity index (χ1v) is 5.76. The molecule has 112 valence electrons. The quantitative estimate of drug-likeness (QED) is 0.334. The Kier molecular flexibility index (Phi) is 4.20. The Labute approximate surface area is 112 Å². The van der Waals surface area contributed by atoms with Crippen molar-refractivity contribution in [2.45, 2.75) is 30.7 Å². The van der Waals surface area contributed by atoms with Crippen LogP contribution in [0.15, 0.2) is 6.33 Å². The van der Waals surface area contributed by atoms with Gasteiger partial charge in [-0.1, -0.05) is 0 Å². The topological polar surface area (TPSA) is 171 Å². The number of aromatic nitrogens is 2. The summed E-state index contributed by atoms with van der Waals surface area (Å²) in [5.41, 5.74) is 4.94. The Morgan fingerprint density at radius 3 is 2.70 bits per heavy atom. The minimum Gasteiger partial charge on any atom is -0.443 e. The maximum atomic E-state index is 11.1. The van der Waals surface area contributed by atoms with Crippen molar-refractivity contribution in [1.82, 2.24) is 9.97 Å². The van der Waals surface area contributed by atoms with Gasteiger partial charge in [-0.15, -0.1) is 0 Å². The molecule has 0 saturated carbocycles. The number of imidazole rings is 1. The number of carbonyl (C=O) groups is 1. The Hall–Kier alpha value is -1.72. The van der Waals surface area contributed by atoms with Crippen LogP contribution in [0.1, 0.15) is 10.5 Å². The molecule has 1 saturated heterocycles. The molecule has 10 heteroatoms. The number of carbonyl (C=O) groups excluding carboxylic acids is 1. The number of rotatable bonds is 4. The minimum atomic E-state index is -1.59. The lowest BCUT2D eigenvalue weighted by Gasteiger charge is -2.39. The van der Waals surface area contributed by atoms with Crippen molar-refractivity contribution in [3.8, 4) is 5.88 Å². The van der Waals surface area contributed by atoms with Crippen LogP contribution in [0.5, 0.6) is 5.88 Å². The second-order valence-electron chi connectivity index (χ2n) is 4.26. The zero-order valence-corrected chi connectivity index (χ0v) is 10.2. The molecular weight excluding hydrogens is 274 g/mol. The van der Waals surface area contributed by atoms with Crippen molar-refractivity contribution in [2.75, 3.05) is 6.61 Å². The highest BCUT2D eigenvalue weighted by Gasteiger charge is 2.45. The van der Waals surface area contributed by atoms with Crippen LogP contribution in [0, 0.1) is 0 Å². The molecule has 0 aliphatic carbocycles. The zero-order chi connectivity index (χ0) is 14.9. The third kappa shape index (κ3) is 2.59. The molecule has 0 spiro atoms. The van der Waals surface area contributed by atoms with Gasteiger partial charge in [0.15, 0.2) is 5.69 Å². The van der Waals surface area contributed by atoms with E-state index in [0.29, 0.717) is 0 Å². The van der Waals surface area contributed by atoms with Crippen molar-refractivity contribution in [1.29, 1.82) is 0 Å². The number of aromatic amines is 1. The van der Waals surface area contributed by atoms with Gasteiger partial charge < -0.3 is 40.6 Å². The predicted octanol–water partition coefficient (Wildman–Crippen LogP) is -3.31. The largest absolute Gasteiger partial charge is 0.443 e. The molecule has 0 radical (unpaired) electrons. The van der Waals surface area contributed by atoms with Crippen molar-refractivity contribution < 1.29 is 34.7 Å². The Morgan fingerprint density at radius 1 is 1.40 bits per heavy atom. The minimum absolute atomic E-state index is 0.137. The molecule has 1 aliphatic rings. The van der Waals surface area contributed by atoms with E-state index >= 15 is 0 Å². The third-order valence-electron chi connectivity index (χ3n) is 2.93. The number of aliphatic hydroxyl groups is 4. The number of hydrogen-bond donors (Lipinski definition) is 6. The molecule has 7 N–H and O–H groups in total. The van der Waals surface area contributed by atoms with Crippen LogP contribution in [0.2, 0.25) is 0 Å². The van der Waals surface area contributed by atoms with Gasteiger partial charge in [-0.25, -0.2) is 4.98 Å². The number of H-pyrrole nitrogens is 1. The number of nitrogens with zero attached hydrogens (tertiary/aromatic N) is 1. The number of amides is 1. The van der Waals surface area contributed by atoms with Gasteiger partial charge >= 0.3 is 0 Å². The summed E-state index contributed by atoms with van der Waals surface area (Å²) in [5, 5.41) is 38.0. The van der Waals surface area contributed by atoms with E-state index in [9.17, 15) is 20.1 Å². The van der Waals surface area contributed by atoms with Gasteiger partial charge in [0.25, 0.3) is 5.91 Å². The molecule has 1 amide bonds.